The number of nitrogens with one attached hydrogen (secondary N) is 1. The van der Waals surface area contributed by atoms with Crippen molar-refractivity contribution in [3.63, 3.8) is 0 Å². The predicted molar refractivity (Wildman–Crippen MR) is 72.5 cm³/mol. The molecular weight excluding hydrogens is 242 g/mol. The Morgan fingerprint density at radius 1 is 1.58 bits per heavy atom. The third-order valence-corrected chi connectivity index (χ3v) is 3.81. The Labute approximate surface area is 113 Å². The maximum absolute atomic E-state index is 12.2. The van der Waals surface area contributed by atoms with Gasteiger partial charge in [-0.1, -0.05) is 13.0 Å². The van der Waals surface area contributed by atoms with Crippen LogP contribution in [0.4, 0.5) is 0 Å². The summed E-state index contributed by atoms with van der Waals surface area (Å²) < 4.78 is 4.99. The lowest BCUT2D eigenvalue weighted by atomic mass is 9.62. The van der Waals surface area contributed by atoms with Gasteiger partial charge in [0.2, 0.25) is 11.8 Å². The minimum atomic E-state index is -0.348. The Morgan fingerprint density at radius 3 is 2.79 bits per heavy atom. The second-order valence-corrected chi connectivity index (χ2v) is 5.39. The van der Waals surface area contributed by atoms with E-state index in [-0.39, 0.29) is 11.3 Å². The van der Waals surface area contributed by atoms with Crippen LogP contribution >= 0.6 is 0 Å². The van der Waals surface area contributed by atoms with Crippen molar-refractivity contribution in [2.24, 2.45) is 17.1 Å². The van der Waals surface area contributed by atoms with Gasteiger partial charge in [-0.3, -0.25) is 4.79 Å². The van der Waals surface area contributed by atoms with Crippen LogP contribution in [0.5, 0.6) is 5.88 Å². The van der Waals surface area contributed by atoms with Gasteiger partial charge >= 0.3 is 0 Å². The van der Waals surface area contributed by atoms with Crippen LogP contribution in [0, 0.1) is 11.3 Å². The molecule has 0 radical (unpaired) electrons. The third kappa shape index (κ3) is 2.87. The number of ether oxygens (including phenoxy) is 1. The standard InChI is InChI=1S/C14H21N3O2/c1-10-5-14(6-10,9-15)13(18)17-8-11-3-4-12(19-2)16-7-11/h3-4,7,10H,5-6,8-9,15H2,1-2H3,(H,17,18). The van der Waals surface area contributed by atoms with E-state index in [2.05, 4.69) is 17.2 Å². The largest absolute Gasteiger partial charge is 0.481 e. The molecule has 1 aliphatic rings. The summed E-state index contributed by atoms with van der Waals surface area (Å²) in [4.78, 5) is 16.3. The first-order valence-electron chi connectivity index (χ1n) is 6.57. The summed E-state index contributed by atoms with van der Waals surface area (Å²) in [5.41, 5.74) is 6.35. The molecule has 5 nitrogen and oxygen atoms in total. The lowest BCUT2D eigenvalue weighted by Crippen LogP contribution is -2.53. The minimum absolute atomic E-state index is 0.0592. The molecule has 19 heavy (non-hydrogen) atoms. The van der Waals surface area contributed by atoms with Gasteiger partial charge in [0, 0.05) is 25.4 Å². The van der Waals surface area contributed by atoms with E-state index in [1.165, 1.54) is 0 Å². The fourth-order valence-electron chi connectivity index (χ4n) is 2.73. The number of methoxy groups -OCH3 is 1. The van der Waals surface area contributed by atoms with Crippen LogP contribution in [0.25, 0.3) is 0 Å². The van der Waals surface area contributed by atoms with Crippen LogP contribution in [0.15, 0.2) is 18.3 Å². The zero-order valence-corrected chi connectivity index (χ0v) is 11.5. The minimum Gasteiger partial charge on any atom is -0.481 e. The number of hydrogen-bond acceptors (Lipinski definition) is 4. The van der Waals surface area contributed by atoms with Gasteiger partial charge in [0.1, 0.15) is 0 Å². The lowest BCUT2D eigenvalue weighted by Gasteiger charge is -2.44. The highest BCUT2D eigenvalue weighted by molar-refractivity contribution is 5.83. The van der Waals surface area contributed by atoms with Gasteiger partial charge in [-0.05, 0) is 24.3 Å². The third-order valence-electron chi connectivity index (χ3n) is 3.81. The first kappa shape index (κ1) is 13.8. The van der Waals surface area contributed by atoms with Crippen molar-refractivity contribution in [3.05, 3.63) is 23.9 Å². The molecule has 3 N–H and O–H groups in total. The summed E-state index contributed by atoms with van der Waals surface area (Å²) in [5.74, 6) is 1.22. The SMILES string of the molecule is COc1ccc(CNC(=O)C2(CN)CC(C)C2)cn1. The summed E-state index contributed by atoms with van der Waals surface area (Å²) in [6.45, 7) is 3.05. The topological polar surface area (TPSA) is 77.2 Å². The molecule has 1 aromatic heterocycles. The highest BCUT2D eigenvalue weighted by atomic mass is 16.5. The highest BCUT2D eigenvalue weighted by Gasteiger charge is 2.46. The van der Waals surface area contributed by atoms with E-state index in [4.69, 9.17) is 10.5 Å². The number of hydrogen-bond donors (Lipinski definition) is 2. The zero-order chi connectivity index (χ0) is 13.9. The second kappa shape index (κ2) is 5.57. The summed E-state index contributed by atoms with van der Waals surface area (Å²) in [6, 6.07) is 3.68. The molecule has 1 heterocycles. The summed E-state index contributed by atoms with van der Waals surface area (Å²) >= 11 is 0. The number of aromatic nitrogens is 1. The monoisotopic (exact) mass is 263 g/mol. The van der Waals surface area contributed by atoms with Crippen molar-refractivity contribution >= 4 is 5.91 Å². The number of nitrogens with two attached hydrogens (primary N) is 1. The predicted octanol–water partition coefficient (Wildman–Crippen LogP) is 1.08. The molecule has 0 spiro atoms. The molecule has 0 aliphatic heterocycles. The lowest BCUT2D eigenvalue weighted by molar-refractivity contribution is -0.138. The van der Waals surface area contributed by atoms with Gasteiger partial charge in [-0.25, -0.2) is 4.98 Å². The fourth-order valence-corrected chi connectivity index (χ4v) is 2.73. The first-order valence-corrected chi connectivity index (χ1v) is 6.57. The van der Waals surface area contributed by atoms with Gasteiger partial charge in [0.05, 0.1) is 12.5 Å². The van der Waals surface area contributed by atoms with Crippen molar-refractivity contribution in [2.75, 3.05) is 13.7 Å². The van der Waals surface area contributed by atoms with Crippen LogP contribution in [0.3, 0.4) is 0 Å². The molecule has 0 unspecified atom stereocenters. The van der Waals surface area contributed by atoms with Crippen LogP contribution < -0.4 is 15.8 Å². The van der Waals surface area contributed by atoms with Crippen LogP contribution in [0.1, 0.15) is 25.3 Å². The molecule has 1 aliphatic carbocycles. The first-order chi connectivity index (χ1) is 9.09. The van der Waals surface area contributed by atoms with E-state index in [1.807, 2.05) is 6.07 Å². The Bertz CT molecular complexity index is 439. The van der Waals surface area contributed by atoms with Crippen LogP contribution in [-0.4, -0.2) is 24.5 Å². The van der Waals surface area contributed by atoms with Gasteiger partial charge in [0.25, 0.3) is 0 Å². The Hall–Kier alpha value is -1.62. The second-order valence-electron chi connectivity index (χ2n) is 5.39. The average molecular weight is 263 g/mol. The van der Waals surface area contributed by atoms with Crippen molar-refractivity contribution < 1.29 is 9.53 Å². The number of carbonyl (C=O) groups is 1. The van der Waals surface area contributed by atoms with Crippen molar-refractivity contribution in [3.8, 4) is 5.88 Å². The van der Waals surface area contributed by atoms with Gasteiger partial charge in [-0.15, -0.1) is 0 Å². The number of rotatable bonds is 5. The molecule has 1 aromatic rings. The van der Waals surface area contributed by atoms with Crippen molar-refractivity contribution in [1.82, 2.24) is 10.3 Å². The van der Waals surface area contributed by atoms with Gasteiger partial charge < -0.3 is 15.8 Å². The van der Waals surface area contributed by atoms with E-state index in [9.17, 15) is 4.79 Å². The summed E-state index contributed by atoms with van der Waals surface area (Å²) in [5, 5.41) is 2.95. The average Bonchev–Trinajstić information content (AvgIpc) is 2.41. The maximum Gasteiger partial charge on any atom is 0.227 e. The summed E-state index contributed by atoms with van der Waals surface area (Å²) in [7, 11) is 1.58. The molecule has 104 valence electrons. The van der Waals surface area contributed by atoms with Gasteiger partial charge in [0.15, 0.2) is 0 Å². The smallest absolute Gasteiger partial charge is 0.227 e. The zero-order valence-electron chi connectivity index (χ0n) is 11.5. The Balaban J connectivity index is 1.89. The van der Waals surface area contributed by atoms with Crippen molar-refractivity contribution in [2.45, 2.75) is 26.3 Å². The van der Waals surface area contributed by atoms with E-state index < -0.39 is 0 Å². The van der Waals surface area contributed by atoms with Crippen LogP contribution in [0.2, 0.25) is 0 Å². The molecule has 1 fully saturated rings. The fraction of sp³-hybridized carbons (Fsp3) is 0.571. The Morgan fingerprint density at radius 2 is 2.32 bits per heavy atom. The highest BCUT2D eigenvalue weighted by Crippen LogP contribution is 2.44. The molecule has 0 bridgehead atoms. The van der Waals surface area contributed by atoms with E-state index in [1.54, 1.807) is 19.4 Å². The molecule has 0 aromatic carbocycles. The molecule has 5 heteroatoms. The van der Waals surface area contributed by atoms with Crippen LogP contribution in [-0.2, 0) is 11.3 Å². The van der Waals surface area contributed by atoms with E-state index in [0.29, 0.717) is 24.9 Å². The Kier molecular flexibility index (Phi) is 4.04. The molecular formula is C14H21N3O2. The normalized spacial score (nSPS) is 25.5. The summed E-state index contributed by atoms with van der Waals surface area (Å²) in [6.07, 6.45) is 3.48. The van der Waals surface area contributed by atoms with E-state index in [0.717, 1.165) is 18.4 Å². The van der Waals surface area contributed by atoms with Crippen molar-refractivity contribution in [1.29, 1.82) is 0 Å². The van der Waals surface area contributed by atoms with E-state index >= 15 is 0 Å². The molecule has 1 amide bonds. The number of amides is 1. The quantitative estimate of drug-likeness (QED) is 0.833. The number of carbonyl (C=O) groups excluding carboxylic acids is 1. The molecule has 2 rings (SSSR count). The van der Waals surface area contributed by atoms with Gasteiger partial charge in [-0.2, -0.15) is 0 Å². The number of pyridine rings is 1. The maximum atomic E-state index is 12.2. The molecule has 0 saturated heterocycles. The molecule has 0 atom stereocenters. The molecule has 1 saturated carbocycles. The number of nitrogens with zero attached hydrogens (tertiary/aromatic N) is 1.